The predicted octanol–water partition coefficient (Wildman–Crippen LogP) is 1.00. The van der Waals surface area contributed by atoms with Crippen molar-refractivity contribution in [2.24, 2.45) is 0 Å². The van der Waals surface area contributed by atoms with E-state index in [0.717, 1.165) is 6.07 Å². The highest BCUT2D eigenvalue weighted by atomic mass is 19.1. The first-order valence-electron chi connectivity index (χ1n) is 4.98. The van der Waals surface area contributed by atoms with E-state index < -0.39 is 23.7 Å². The van der Waals surface area contributed by atoms with Gasteiger partial charge in [0.25, 0.3) is 5.91 Å². The van der Waals surface area contributed by atoms with Crippen LogP contribution < -0.4 is 11.1 Å². The van der Waals surface area contributed by atoms with Crippen molar-refractivity contribution in [2.75, 3.05) is 5.73 Å². The van der Waals surface area contributed by atoms with Gasteiger partial charge in [-0.25, -0.2) is 4.39 Å². The topological polar surface area (TPSA) is 92.4 Å². The van der Waals surface area contributed by atoms with Crippen LogP contribution in [0.1, 0.15) is 23.7 Å². The van der Waals surface area contributed by atoms with Crippen LogP contribution in [0.4, 0.5) is 10.1 Å². The Kier molecular flexibility index (Phi) is 4.03. The molecule has 0 aliphatic rings. The van der Waals surface area contributed by atoms with Crippen molar-refractivity contribution >= 4 is 17.6 Å². The van der Waals surface area contributed by atoms with Gasteiger partial charge in [0.1, 0.15) is 5.82 Å². The molecule has 0 aliphatic carbocycles. The Morgan fingerprint density at radius 3 is 2.71 bits per heavy atom. The van der Waals surface area contributed by atoms with Crippen LogP contribution in [0.5, 0.6) is 0 Å². The number of carbonyl (C=O) groups is 2. The molecule has 5 nitrogen and oxygen atoms in total. The highest BCUT2D eigenvalue weighted by Crippen LogP contribution is 2.12. The van der Waals surface area contributed by atoms with Crippen LogP contribution in [-0.4, -0.2) is 23.0 Å². The fourth-order valence-electron chi connectivity index (χ4n) is 1.29. The second-order valence-corrected chi connectivity index (χ2v) is 3.71. The van der Waals surface area contributed by atoms with Crippen molar-refractivity contribution in [1.29, 1.82) is 0 Å². The van der Waals surface area contributed by atoms with E-state index in [1.165, 1.54) is 12.1 Å². The minimum Gasteiger partial charge on any atom is -0.481 e. The van der Waals surface area contributed by atoms with Crippen molar-refractivity contribution in [3.8, 4) is 0 Å². The molecule has 0 saturated heterocycles. The molecule has 4 N–H and O–H groups in total. The molecule has 92 valence electrons. The number of benzene rings is 1. The highest BCUT2D eigenvalue weighted by molar-refractivity contribution is 5.94. The molecular formula is C11H13FN2O3. The summed E-state index contributed by atoms with van der Waals surface area (Å²) in [4.78, 5) is 22.0. The number of rotatable bonds is 4. The van der Waals surface area contributed by atoms with Crippen LogP contribution in [0.15, 0.2) is 18.2 Å². The van der Waals surface area contributed by atoms with E-state index in [0.29, 0.717) is 0 Å². The molecule has 0 aliphatic heterocycles. The lowest BCUT2D eigenvalue weighted by atomic mass is 10.1. The first kappa shape index (κ1) is 13.0. The van der Waals surface area contributed by atoms with E-state index in [-0.39, 0.29) is 17.7 Å². The summed E-state index contributed by atoms with van der Waals surface area (Å²) in [6.07, 6.45) is -0.191. The first-order chi connectivity index (χ1) is 7.90. The number of nitrogens with one attached hydrogen (secondary N) is 1. The van der Waals surface area contributed by atoms with Gasteiger partial charge in [-0.15, -0.1) is 0 Å². The van der Waals surface area contributed by atoms with Gasteiger partial charge in [-0.3, -0.25) is 9.59 Å². The molecule has 0 fully saturated rings. The molecule has 6 heteroatoms. The zero-order valence-electron chi connectivity index (χ0n) is 9.24. The SMILES string of the molecule is CC(CC(=O)O)NC(=O)c1ccc(N)c(F)c1. The molecule has 0 spiro atoms. The number of amides is 1. The highest BCUT2D eigenvalue weighted by Gasteiger charge is 2.13. The van der Waals surface area contributed by atoms with Gasteiger partial charge < -0.3 is 16.2 Å². The van der Waals surface area contributed by atoms with Crippen molar-refractivity contribution in [3.63, 3.8) is 0 Å². The maximum absolute atomic E-state index is 13.1. The molecule has 1 unspecified atom stereocenters. The molecule has 0 bridgehead atoms. The normalized spacial score (nSPS) is 11.9. The minimum absolute atomic E-state index is 0.0415. The molecule has 1 aromatic carbocycles. The van der Waals surface area contributed by atoms with Crippen LogP contribution in [0.3, 0.4) is 0 Å². The van der Waals surface area contributed by atoms with Crippen molar-refractivity contribution in [3.05, 3.63) is 29.6 Å². The van der Waals surface area contributed by atoms with Gasteiger partial charge in [0.05, 0.1) is 12.1 Å². The number of aliphatic carboxylic acids is 1. The van der Waals surface area contributed by atoms with Crippen molar-refractivity contribution < 1.29 is 19.1 Å². The second-order valence-electron chi connectivity index (χ2n) is 3.71. The van der Waals surface area contributed by atoms with Gasteiger partial charge in [0, 0.05) is 11.6 Å². The first-order valence-corrected chi connectivity index (χ1v) is 4.98. The van der Waals surface area contributed by atoms with Crippen molar-refractivity contribution in [2.45, 2.75) is 19.4 Å². The number of carbonyl (C=O) groups excluding carboxylic acids is 1. The summed E-state index contributed by atoms with van der Waals surface area (Å²) in [5.74, 6) is -2.22. The van der Waals surface area contributed by atoms with E-state index >= 15 is 0 Å². The summed E-state index contributed by atoms with van der Waals surface area (Å²) in [5.41, 5.74) is 5.34. The fraction of sp³-hybridized carbons (Fsp3) is 0.273. The maximum Gasteiger partial charge on any atom is 0.305 e. The van der Waals surface area contributed by atoms with E-state index in [1.54, 1.807) is 6.92 Å². The smallest absolute Gasteiger partial charge is 0.305 e. The van der Waals surface area contributed by atoms with E-state index in [9.17, 15) is 14.0 Å². The molecule has 0 heterocycles. The van der Waals surface area contributed by atoms with Gasteiger partial charge in [0.15, 0.2) is 0 Å². The Labute approximate surface area is 97.4 Å². The zero-order chi connectivity index (χ0) is 13.0. The molecule has 1 atom stereocenters. The summed E-state index contributed by atoms with van der Waals surface area (Å²) in [5, 5.41) is 11.0. The number of carboxylic acid groups (broad SMARTS) is 1. The second kappa shape index (κ2) is 5.29. The largest absolute Gasteiger partial charge is 0.481 e. The number of carboxylic acids is 1. The van der Waals surface area contributed by atoms with Crippen LogP contribution in [0.25, 0.3) is 0 Å². The summed E-state index contributed by atoms with van der Waals surface area (Å²) in [7, 11) is 0. The zero-order valence-corrected chi connectivity index (χ0v) is 9.24. The van der Waals surface area contributed by atoms with Gasteiger partial charge in [0.2, 0.25) is 0 Å². The number of halogens is 1. The van der Waals surface area contributed by atoms with Crippen molar-refractivity contribution in [1.82, 2.24) is 5.32 Å². The summed E-state index contributed by atoms with van der Waals surface area (Å²) in [6.45, 7) is 1.56. The lowest BCUT2D eigenvalue weighted by Gasteiger charge is -2.11. The van der Waals surface area contributed by atoms with Crippen LogP contribution in [0.2, 0.25) is 0 Å². The number of hydrogen-bond acceptors (Lipinski definition) is 3. The number of anilines is 1. The van der Waals surface area contributed by atoms with E-state index in [1.807, 2.05) is 0 Å². The Hall–Kier alpha value is -2.11. The maximum atomic E-state index is 13.1. The molecule has 1 aromatic rings. The van der Waals surface area contributed by atoms with Gasteiger partial charge >= 0.3 is 5.97 Å². The van der Waals surface area contributed by atoms with Crippen LogP contribution in [-0.2, 0) is 4.79 Å². The third kappa shape index (κ3) is 3.75. The van der Waals surface area contributed by atoms with Gasteiger partial charge in [-0.1, -0.05) is 0 Å². The fourth-order valence-corrected chi connectivity index (χ4v) is 1.29. The van der Waals surface area contributed by atoms with Crippen LogP contribution >= 0.6 is 0 Å². The quantitative estimate of drug-likeness (QED) is 0.684. The Morgan fingerprint density at radius 2 is 2.18 bits per heavy atom. The minimum atomic E-state index is -1.01. The molecule has 0 saturated carbocycles. The number of nitrogen functional groups attached to an aromatic ring is 1. The molecule has 1 amide bonds. The molecular weight excluding hydrogens is 227 g/mol. The van der Waals surface area contributed by atoms with E-state index in [4.69, 9.17) is 10.8 Å². The average Bonchev–Trinajstić information content (AvgIpc) is 2.20. The standard InChI is InChI=1S/C11H13FN2O3/c1-6(4-10(15)16)14-11(17)7-2-3-9(13)8(12)5-7/h2-3,5-6H,4,13H2,1H3,(H,14,17)(H,15,16). The van der Waals surface area contributed by atoms with Crippen LogP contribution in [0, 0.1) is 5.82 Å². The third-order valence-corrected chi connectivity index (χ3v) is 2.12. The molecule has 0 aromatic heterocycles. The lowest BCUT2D eigenvalue weighted by molar-refractivity contribution is -0.137. The monoisotopic (exact) mass is 240 g/mol. The summed E-state index contributed by atoms with van der Waals surface area (Å²) in [6, 6.07) is 3.14. The average molecular weight is 240 g/mol. The van der Waals surface area contributed by atoms with Gasteiger partial charge in [-0.05, 0) is 25.1 Å². The van der Waals surface area contributed by atoms with Gasteiger partial charge in [-0.2, -0.15) is 0 Å². The molecule has 0 radical (unpaired) electrons. The Morgan fingerprint density at radius 1 is 1.53 bits per heavy atom. The van der Waals surface area contributed by atoms with E-state index in [2.05, 4.69) is 5.32 Å². The molecule has 17 heavy (non-hydrogen) atoms. The Bertz CT molecular complexity index is 448. The summed E-state index contributed by atoms with van der Waals surface area (Å²) < 4.78 is 13.1. The molecule has 1 rings (SSSR count). The number of nitrogens with two attached hydrogens (primary N) is 1. The Balaban J connectivity index is 2.70. The lowest BCUT2D eigenvalue weighted by Crippen LogP contribution is -2.34. The summed E-state index contributed by atoms with van der Waals surface area (Å²) >= 11 is 0. The number of hydrogen-bond donors (Lipinski definition) is 3. The predicted molar refractivity (Wildman–Crippen MR) is 60.0 cm³/mol. The third-order valence-electron chi connectivity index (χ3n) is 2.12.